The highest BCUT2D eigenvalue weighted by atomic mass is 32.2. The fourth-order valence-corrected chi connectivity index (χ4v) is 5.86. The zero-order chi connectivity index (χ0) is 24.0. The van der Waals surface area contributed by atoms with Gasteiger partial charge in [0.2, 0.25) is 11.8 Å². The van der Waals surface area contributed by atoms with Crippen molar-refractivity contribution in [2.45, 2.75) is 13.0 Å². The first-order chi connectivity index (χ1) is 17.2. The minimum absolute atomic E-state index is 0.0734. The molecule has 0 fully saturated rings. The van der Waals surface area contributed by atoms with Crippen molar-refractivity contribution in [3.05, 3.63) is 96.1 Å². The second kappa shape index (κ2) is 10.9. The van der Waals surface area contributed by atoms with Gasteiger partial charge in [-0.25, -0.2) is 4.98 Å². The first-order valence-electron chi connectivity index (χ1n) is 11.5. The van der Waals surface area contributed by atoms with Crippen molar-refractivity contribution in [3.8, 4) is 21.7 Å². The van der Waals surface area contributed by atoms with Crippen LogP contribution in [-0.2, 0) is 22.6 Å². The number of hydrogen-bond donors (Lipinski definition) is 1. The lowest BCUT2D eigenvalue weighted by molar-refractivity contribution is -0.129. The summed E-state index contributed by atoms with van der Waals surface area (Å²) in [7, 11) is 0. The van der Waals surface area contributed by atoms with Crippen LogP contribution in [0.15, 0.2) is 84.9 Å². The quantitative estimate of drug-likeness (QED) is 0.353. The standard InChI is InChI=1S/C28H25N3O2S2/c32-24(18-34-19-25(33)31-16-15-20-9-7-8-14-23(20)17-31)29-28-30-26(21-10-3-1-4-11-21)27(35-28)22-12-5-2-6-13-22/h1-14H,15-19H2,(H,29,30,32). The van der Waals surface area contributed by atoms with Gasteiger partial charge in [-0.2, -0.15) is 0 Å². The number of rotatable bonds is 7. The molecule has 0 atom stereocenters. The normalized spacial score (nSPS) is 12.7. The van der Waals surface area contributed by atoms with Crippen LogP contribution in [0.1, 0.15) is 11.1 Å². The van der Waals surface area contributed by atoms with E-state index in [0.29, 0.717) is 11.7 Å². The summed E-state index contributed by atoms with van der Waals surface area (Å²) in [6.07, 6.45) is 0.880. The molecular formula is C28H25N3O2S2. The van der Waals surface area contributed by atoms with Gasteiger partial charge in [0.1, 0.15) is 0 Å². The van der Waals surface area contributed by atoms with Gasteiger partial charge < -0.3 is 10.2 Å². The van der Waals surface area contributed by atoms with Crippen molar-refractivity contribution < 1.29 is 9.59 Å². The highest BCUT2D eigenvalue weighted by molar-refractivity contribution is 8.00. The summed E-state index contributed by atoms with van der Waals surface area (Å²) >= 11 is 2.81. The Balaban J connectivity index is 1.20. The molecule has 2 heterocycles. The summed E-state index contributed by atoms with van der Waals surface area (Å²) in [4.78, 5) is 32.9. The number of hydrogen-bond acceptors (Lipinski definition) is 5. The van der Waals surface area contributed by atoms with Crippen LogP contribution in [0.2, 0.25) is 0 Å². The molecule has 4 aromatic rings. The number of anilines is 1. The predicted molar refractivity (Wildman–Crippen MR) is 145 cm³/mol. The topological polar surface area (TPSA) is 62.3 Å². The Hall–Kier alpha value is -3.42. The fraction of sp³-hybridized carbons (Fsp3) is 0.179. The van der Waals surface area contributed by atoms with Crippen molar-refractivity contribution >= 4 is 40.0 Å². The van der Waals surface area contributed by atoms with E-state index in [4.69, 9.17) is 4.98 Å². The van der Waals surface area contributed by atoms with Crippen LogP contribution < -0.4 is 5.32 Å². The highest BCUT2D eigenvalue weighted by Crippen LogP contribution is 2.38. The molecule has 35 heavy (non-hydrogen) atoms. The Bertz CT molecular complexity index is 1270. The number of fused-ring (bicyclic) bond motifs is 1. The van der Waals surface area contributed by atoms with Gasteiger partial charge in [-0.15, -0.1) is 11.8 Å². The number of thioether (sulfide) groups is 1. The molecular weight excluding hydrogens is 474 g/mol. The van der Waals surface area contributed by atoms with Crippen LogP contribution in [0.4, 0.5) is 5.13 Å². The van der Waals surface area contributed by atoms with E-state index >= 15 is 0 Å². The number of amides is 2. The number of thiazole rings is 1. The second-order valence-electron chi connectivity index (χ2n) is 8.30. The molecule has 176 valence electrons. The molecule has 0 aliphatic carbocycles. The molecule has 5 nitrogen and oxygen atoms in total. The number of aromatic nitrogens is 1. The Labute approximate surface area is 213 Å². The molecule has 1 aliphatic rings. The van der Waals surface area contributed by atoms with Gasteiger partial charge in [0.25, 0.3) is 0 Å². The van der Waals surface area contributed by atoms with Gasteiger partial charge in [0.15, 0.2) is 5.13 Å². The van der Waals surface area contributed by atoms with Gasteiger partial charge in [-0.3, -0.25) is 9.59 Å². The van der Waals surface area contributed by atoms with Gasteiger partial charge in [-0.05, 0) is 23.1 Å². The Morgan fingerprint density at radius 3 is 2.26 bits per heavy atom. The largest absolute Gasteiger partial charge is 0.337 e. The fourth-order valence-electron chi connectivity index (χ4n) is 4.14. The maximum absolute atomic E-state index is 12.7. The molecule has 0 saturated carbocycles. The first-order valence-corrected chi connectivity index (χ1v) is 13.5. The number of carbonyl (C=O) groups is 2. The zero-order valence-electron chi connectivity index (χ0n) is 19.1. The second-order valence-corrected chi connectivity index (χ2v) is 10.3. The summed E-state index contributed by atoms with van der Waals surface area (Å²) < 4.78 is 0. The minimum atomic E-state index is -0.153. The average Bonchev–Trinajstić information content (AvgIpc) is 3.33. The van der Waals surface area contributed by atoms with E-state index in [9.17, 15) is 9.59 Å². The van der Waals surface area contributed by atoms with Gasteiger partial charge in [-0.1, -0.05) is 96.3 Å². The van der Waals surface area contributed by atoms with E-state index in [0.717, 1.165) is 34.7 Å². The van der Waals surface area contributed by atoms with Gasteiger partial charge >= 0.3 is 0 Å². The molecule has 0 unspecified atom stereocenters. The van der Waals surface area contributed by atoms with Crippen LogP contribution in [0.5, 0.6) is 0 Å². The van der Waals surface area contributed by atoms with E-state index in [-0.39, 0.29) is 23.3 Å². The predicted octanol–water partition coefficient (Wildman–Crippen LogP) is 5.73. The van der Waals surface area contributed by atoms with Crippen LogP contribution >= 0.6 is 23.1 Å². The van der Waals surface area contributed by atoms with Crippen LogP contribution in [0.3, 0.4) is 0 Å². The van der Waals surface area contributed by atoms with E-state index < -0.39 is 0 Å². The summed E-state index contributed by atoms with van der Waals surface area (Å²) in [6.45, 7) is 1.37. The Kier molecular flexibility index (Phi) is 7.25. The number of nitrogens with zero attached hydrogens (tertiary/aromatic N) is 2. The van der Waals surface area contributed by atoms with Crippen molar-refractivity contribution in [3.63, 3.8) is 0 Å². The summed E-state index contributed by atoms with van der Waals surface area (Å²) in [6, 6.07) is 28.3. The Morgan fingerprint density at radius 1 is 0.857 bits per heavy atom. The van der Waals surface area contributed by atoms with E-state index in [2.05, 4.69) is 17.4 Å². The molecule has 2 amide bonds. The summed E-state index contributed by atoms with van der Waals surface area (Å²) in [5.74, 6) is 0.416. The molecule has 0 radical (unpaired) electrons. The molecule has 1 aliphatic heterocycles. The third kappa shape index (κ3) is 5.63. The zero-order valence-corrected chi connectivity index (χ0v) is 20.8. The summed E-state index contributed by atoms with van der Waals surface area (Å²) in [5, 5.41) is 3.49. The van der Waals surface area contributed by atoms with Crippen molar-refractivity contribution in [2.24, 2.45) is 0 Å². The van der Waals surface area contributed by atoms with Crippen molar-refractivity contribution in [2.75, 3.05) is 23.4 Å². The molecule has 7 heteroatoms. The lowest BCUT2D eigenvalue weighted by Gasteiger charge is -2.28. The molecule has 3 aromatic carbocycles. The molecule has 0 saturated heterocycles. The molecule has 0 bridgehead atoms. The monoisotopic (exact) mass is 499 g/mol. The number of benzene rings is 3. The lowest BCUT2D eigenvalue weighted by atomic mass is 10.00. The third-order valence-corrected chi connectivity index (χ3v) is 7.84. The molecule has 1 N–H and O–H groups in total. The minimum Gasteiger partial charge on any atom is -0.337 e. The molecule has 0 spiro atoms. The van der Waals surface area contributed by atoms with Crippen molar-refractivity contribution in [1.82, 2.24) is 9.88 Å². The smallest absolute Gasteiger partial charge is 0.236 e. The number of carbonyl (C=O) groups excluding carboxylic acids is 2. The lowest BCUT2D eigenvalue weighted by Crippen LogP contribution is -2.37. The Morgan fingerprint density at radius 2 is 1.51 bits per heavy atom. The molecule has 5 rings (SSSR count). The van der Waals surface area contributed by atoms with E-state index in [1.807, 2.05) is 77.7 Å². The van der Waals surface area contributed by atoms with Crippen LogP contribution in [-0.4, -0.2) is 39.7 Å². The number of nitrogens with one attached hydrogen (secondary N) is 1. The van der Waals surface area contributed by atoms with Crippen LogP contribution in [0, 0.1) is 0 Å². The first kappa shape index (κ1) is 23.3. The maximum atomic E-state index is 12.7. The third-order valence-electron chi connectivity index (χ3n) is 5.90. The van der Waals surface area contributed by atoms with Gasteiger partial charge in [0.05, 0.1) is 22.1 Å². The van der Waals surface area contributed by atoms with Crippen LogP contribution in [0.25, 0.3) is 21.7 Å². The van der Waals surface area contributed by atoms with E-state index in [1.165, 1.54) is 34.2 Å². The maximum Gasteiger partial charge on any atom is 0.236 e. The highest BCUT2D eigenvalue weighted by Gasteiger charge is 2.21. The van der Waals surface area contributed by atoms with E-state index in [1.54, 1.807) is 0 Å². The average molecular weight is 500 g/mol. The molecule has 1 aromatic heterocycles. The summed E-state index contributed by atoms with van der Waals surface area (Å²) in [5.41, 5.74) is 5.45. The van der Waals surface area contributed by atoms with Gasteiger partial charge in [0, 0.05) is 18.7 Å². The SMILES string of the molecule is O=C(CSCC(=O)N1CCc2ccccc2C1)Nc1nc(-c2ccccc2)c(-c2ccccc2)s1. The van der Waals surface area contributed by atoms with Crippen molar-refractivity contribution in [1.29, 1.82) is 0 Å².